The molecule has 120 valence electrons. The van der Waals surface area contributed by atoms with Crippen LogP contribution in [0.4, 0.5) is 5.69 Å². The number of nitrogens with zero attached hydrogens (tertiary/aromatic N) is 2. The van der Waals surface area contributed by atoms with Gasteiger partial charge in [-0.15, -0.1) is 0 Å². The Morgan fingerprint density at radius 1 is 1.29 bits per heavy atom. The number of carbonyl (C=O) groups excluding carboxylic acids is 1. The summed E-state index contributed by atoms with van der Waals surface area (Å²) in [5.74, 6) is 0.506. The number of rotatable bonds is 3. The number of phenolic OH excluding ortho intramolecular Hbond substituents is 1. The molecular weight excluding hydrogens is 324 g/mol. The molecule has 24 heavy (non-hydrogen) atoms. The summed E-state index contributed by atoms with van der Waals surface area (Å²) in [7, 11) is 0. The number of phenols is 1. The molecule has 0 aliphatic carbocycles. The van der Waals surface area contributed by atoms with E-state index in [-0.39, 0.29) is 11.3 Å². The van der Waals surface area contributed by atoms with Gasteiger partial charge < -0.3 is 15.7 Å². The zero-order chi connectivity index (χ0) is 16.9. The van der Waals surface area contributed by atoms with E-state index in [0.29, 0.717) is 21.6 Å². The molecule has 3 rings (SSSR count). The monoisotopic (exact) mass is 338 g/mol. The minimum absolute atomic E-state index is 0.0534. The largest absolute Gasteiger partial charge is 0.507 e. The molecule has 0 saturated carbocycles. The number of hydrogen-bond donors (Lipinski definition) is 3. The van der Waals surface area contributed by atoms with E-state index in [0.717, 1.165) is 12.3 Å². The van der Waals surface area contributed by atoms with Crippen molar-refractivity contribution in [3.63, 3.8) is 0 Å². The molecule has 0 fully saturated rings. The molecule has 0 aromatic heterocycles. The van der Waals surface area contributed by atoms with Crippen LogP contribution in [0, 0.1) is 11.3 Å². The van der Waals surface area contributed by atoms with Crippen LogP contribution in [0.5, 0.6) is 5.75 Å². The molecular formula is C17H14N4O2S. The molecule has 1 aliphatic rings. The summed E-state index contributed by atoms with van der Waals surface area (Å²) in [6, 6.07) is 12.2. The number of aliphatic imine (C=N–C) groups is 1. The van der Waals surface area contributed by atoms with Crippen LogP contribution in [0.25, 0.3) is 10.8 Å². The molecule has 0 saturated heterocycles. The van der Waals surface area contributed by atoms with Gasteiger partial charge in [-0.2, -0.15) is 5.26 Å². The Hall–Kier alpha value is -2.98. The van der Waals surface area contributed by atoms with Crippen LogP contribution in [0.15, 0.2) is 53.2 Å². The van der Waals surface area contributed by atoms with Gasteiger partial charge in [-0.3, -0.25) is 9.79 Å². The van der Waals surface area contributed by atoms with E-state index >= 15 is 0 Å². The highest BCUT2D eigenvalue weighted by atomic mass is 32.2. The van der Waals surface area contributed by atoms with Crippen molar-refractivity contribution in [3.05, 3.63) is 48.2 Å². The molecule has 6 nitrogen and oxygen atoms in total. The van der Waals surface area contributed by atoms with Crippen LogP contribution in [0.2, 0.25) is 0 Å². The SMILES string of the molecule is N#C/C(=C/NC1=NCCS1)C(=O)Nc1cccc2c(O)cccc12. The number of fused-ring (bicyclic) bond motifs is 1. The van der Waals surface area contributed by atoms with E-state index in [1.807, 2.05) is 6.07 Å². The molecule has 1 heterocycles. The van der Waals surface area contributed by atoms with Crippen molar-refractivity contribution in [2.75, 3.05) is 17.6 Å². The fraction of sp³-hybridized carbons (Fsp3) is 0.118. The zero-order valence-corrected chi connectivity index (χ0v) is 13.4. The van der Waals surface area contributed by atoms with Gasteiger partial charge in [0.15, 0.2) is 5.17 Å². The maximum absolute atomic E-state index is 12.3. The minimum atomic E-state index is -0.524. The van der Waals surface area contributed by atoms with Crippen molar-refractivity contribution in [2.45, 2.75) is 0 Å². The maximum Gasteiger partial charge on any atom is 0.267 e. The first kappa shape index (κ1) is 15.9. The molecule has 2 aromatic rings. The first-order valence-corrected chi connectivity index (χ1v) is 8.23. The van der Waals surface area contributed by atoms with Gasteiger partial charge >= 0.3 is 0 Å². The number of carbonyl (C=O) groups is 1. The third-order valence-corrected chi connectivity index (χ3v) is 4.34. The van der Waals surface area contributed by atoms with Crippen molar-refractivity contribution >= 4 is 39.3 Å². The molecule has 0 spiro atoms. The van der Waals surface area contributed by atoms with E-state index in [4.69, 9.17) is 0 Å². The van der Waals surface area contributed by atoms with Gasteiger partial charge in [-0.1, -0.05) is 36.0 Å². The van der Waals surface area contributed by atoms with Crippen LogP contribution in [-0.2, 0) is 4.79 Å². The smallest absolute Gasteiger partial charge is 0.267 e. The summed E-state index contributed by atoms with van der Waals surface area (Å²) in [6.45, 7) is 0.731. The van der Waals surface area contributed by atoms with Crippen LogP contribution in [0.1, 0.15) is 0 Å². The molecule has 1 amide bonds. The number of aromatic hydroxyl groups is 1. The standard InChI is InChI=1S/C17H14N4O2S/c18-9-11(10-20-17-19-7-8-24-17)16(23)21-14-5-1-4-13-12(14)3-2-6-15(13)22/h1-6,10,22H,7-8H2,(H,19,20)(H,21,23)/b11-10-. The number of nitriles is 1. The summed E-state index contributed by atoms with van der Waals surface area (Å²) < 4.78 is 0. The van der Waals surface area contributed by atoms with E-state index in [1.165, 1.54) is 18.0 Å². The van der Waals surface area contributed by atoms with E-state index in [2.05, 4.69) is 15.6 Å². The second-order valence-electron chi connectivity index (χ2n) is 4.98. The quantitative estimate of drug-likeness (QED) is 0.590. The van der Waals surface area contributed by atoms with Gasteiger partial charge in [-0.05, 0) is 12.1 Å². The topological polar surface area (TPSA) is 97.5 Å². The van der Waals surface area contributed by atoms with Crippen molar-refractivity contribution in [1.29, 1.82) is 5.26 Å². The highest BCUT2D eigenvalue weighted by Crippen LogP contribution is 2.29. The summed E-state index contributed by atoms with van der Waals surface area (Å²) in [5.41, 5.74) is 0.476. The van der Waals surface area contributed by atoms with Crippen molar-refractivity contribution in [3.8, 4) is 11.8 Å². The lowest BCUT2D eigenvalue weighted by Gasteiger charge is -2.09. The van der Waals surface area contributed by atoms with E-state index in [1.54, 1.807) is 36.4 Å². The minimum Gasteiger partial charge on any atom is -0.507 e. The first-order chi connectivity index (χ1) is 11.7. The fourth-order valence-corrected chi connectivity index (χ4v) is 3.00. The number of amides is 1. The molecule has 2 aromatic carbocycles. The van der Waals surface area contributed by atoms with Crippen molar-refractivity contribution < 1.29 is 9.90 Å². The van der Waals surface area contributed by atoms with Crippen LogP contribution >= 0.6 is 11.8 Å². The van der Waals surface area contributed by atoms with E-state index < -0.39 is 5.91 Å². The Balaban J connectivity index is 1.82. The normalized spacial score (nSPS) is 14.1. The highest BCUT2D eigenvalue weighted by molar-refractivity contribution is 8.14. The lowest BCUT2D eigenvalue weighted by molar-refractivity contribution is -0.112. The lowest BCUT2D eigenvalue weighted by atomic mass is 10.1. The van der Waals surface area contributed by atoms with Gasteiger partial charge in [0.25, 0.3) is 5.91 Å². The Morgan fingerprint density at radius 2 is 2.08 bits per heavy atom. The average Bonchev–Trinajstić information content (AvgIpc) is 3.10. The molecule has 1 aliphatic heterocycles. The predicted molar refractivity (Wildman–Crippen MR) is 95.8 cm³/mol. The number of amidine groups is 1. The third kappa shape index (κ3) is 3.34. The van der Waals surface area contributed by atoms with Crippen LogP contribution in [0.3, 0.4) is 0 Å². The van der Waals surface area contributed by atoms with Gasteiger partial charge in [0.2, 0.25) is 0 Å². The Bertz CT molecular complexity index is 899. The molecule has 0 bridgehead atoms. The molecule has 3 N–H and O–H groups in total. The fourth-order valence-electron chi connectivity index (χ4n) is 2.30. The first-order valence-electron chi connectivity index (χ1n) is 7.25. The molecule has 0 radical (unpaired) electrons. The molecule has 7 heteroatoms. The third-order valence-electron chi connectivity index (χ3n) is 3.44. The summed E-state index contributed by atoms with van der Waals surface area (Å²) >= 11 is 1.54. The summed E-state index contributed by atoms with van der Waals surface area (Å²) in [4.78, 5) is 16.5. The van der Waals surface area contributed by atoms with Crippen molar-refractivity contribution in [1.82, 2.24) is 5.32 Å². The second-order valence-corrected chi connectivity index (χ2v) is 6.07. The predicted octanol–water partition coefficient (Wildman–Crippen LogP) is 2.58. The number of hydrogen-bond acceptors (Lipinski definition) is 6. The number of benzene rings is 2. The maximum atomic E-state index is 12.3. The highest BCUT2D eigenvalue weighted by Gasteiger charge is 2.13. The van der Waals surface area contributed by atoms with E-state index in [9.17, 15) is 15.2 Å². The zero-order valence-electron chi connectivity index (χ0n) is 12.6. The average molecular weight is 338 g/mol. The van der Waals surface area contributed by atoms with Gasteiger partial charge in [0.1, 0.15) is 17.4 Å². The van der Waals surface area contributed by atoms with Gasteiger partial charge in [0.05, 0.1) is 6.54 Å². The molecule has 0 atom stereocenters. The van der Waals surface area contributed by atoms with Crippen LogP contribution < -0.4 is 10.6 Å². The number of nitrogens with one attached hydrogen (secondary N) is 2. The summed E-state index contributed by atoms with van der Waals surface area (Å²) in [6.07, 6.45) is 1.36. The lowest BCUT2D eigenvalue weighted by Crippen LogP contribution is -2.18. The molecule has 0 unspecified atom stereocenters. The van der Waals surface area contributed by atoms with Gasteiger partial charge in [0, 0.05) is 28.4 Å². The van der Waals surface area contributed by atoms with Gasteiger partial charge in [-0.25, -0.2) is 0 Å². The van der Waals surface area contributed by atoms with Crippen LogP contribution in [-0.4, -0.2) is 28.5 Å². The summed E-state index contributed by atoms with van der Waals surface area (Å²) in [5, 5.41) is 26.7. The Morgan fingerprint density at radius 3 is 2.83 bits per heavy atom. The second kappa shape index (κ2) is 7.06. The Labute approximate surface area is 142 Å². The Kier molecular flexibility index (Phi) is 4.68. The number of anilines is 1. The number of thioether (sulfide) groups is 1. The van der Waals surface area contributed by atoms with Crippen molar-refractivity contribution in [2.24, 2.45) is 4.99 Å².